The van der Waals surface area contributed by atoms with Gasteiger partial charge in [0.15, 0.2) is 0 Å². The zero-order valence-electron chi connectivity index (χ0n) is 20.5. The summed E-state index contributed by atoms with van der Waals surface area (Å²) < 4.78 is 36.5. The molecule has 0 saturated carbocycles. The largest absolute Gasteiger partial charge is 0.507 e. The Morgan fingerprint density at radius 1 is 1.11 bits per heavy atom. The van der Waals surface area contributed by atoms with E-state index in [4.69, 9.17) is 9.47 Å². The van der Waals surface area contributed by atoms with Crippen LogP contribution in [0.15, 0.2) is 71.7 Å². The second kappa shape index (κ2) is 11.5. The summed E-state index contributed by atoms with van der Waals surface area (Å²) in [7, 11) is 0.719. The van der Waals surface area contributed by atoms with Crippen molar-refractivity contribution in [2.75, 3.05) is 41.0 Å². The highest BCUT2D eigenvalue weighted by Gasteiger charge is 2.45. The molecule has 0 aliphatic carbocycles. The number of aliphatic hydroxyl groups is 1. The van der Waals surface area contributed by atoms with Crippen LogP contribution >= 0.6 is 0 Å². The lowest BCUT2D eigenvalue weighted by Crippen LogP contribution is -2.31. The third-order valence-electron chi connectivity index (χ3n) is 5.76. The molecule has 1 aliphatic rings. The van der Waals surface area contributed by atoms with Crippen LogP contribution in [0.3, 0.4) is 0 Å². The maximum atomic E-state index is 13.1. The Bertz CT molecular complexity index is 1250. The number of amides is 1. The molecule has 0 bridgehead atoms. The number of Topliss-reactive ketones (excluding diaryl/α,β-unsaturated/α-hetero) is 1. The topological polar surface area (TPSA) is 113 Å². The number of hydrogen-bond donors (Lipinski definition) is 1. The van der Waals surface area contributed by atoms with E-state index in [1.807, 2.05) is 0 Å². The van der Waals surface area contributed by atoms with E-state index in [9.17, 15) is 23.1 Å². The Morgan fingerprint density at radius 2 is 1.75 bits per heavy atom. The number of methoxy groups -OCH3 is 1. The van der Waals surface area contributed by atoms with E-state index in [-0.39, 0.29) is 28.3 Å². The van der Waals surface area contributed by atoms with Gasteiger partial charge in [-0.2, -0.15) is 0 Å². The Labute approximate surface area is 211 Å². The van der Waals surface area contributed by atoms with Crippen LogP contribution in [0.25, 0.3) is 5.76 Å². The first-order valence-corrected chi connectivity index (χ1v) is 12.7. The first kappa shape index (κ1) is 27.1. The van der Waals surface area contributed by atoms with Crippen molar-refractivity contribution < 1.29 is 32.6 Å². The van der Waals surface area contributed by atoms with Crippen LogP contribution in [0, 0.1) is 0 Å². The molecular formula is C26H30N2O7S. The van der Waals surface area contributed by atoms with E-state index in [2.05, 4.69) is 6.58 Å². The predicted molar refractivity (Wildman–Crippen MR) is 135 cm³/mol. The summed E-state index contributed by atoms with van der Waals surface area (Å²) in [4.78, 5) is 27.5. The minimum atomic E-state index is -3.67. The van der Waals surface area contributed by atoms with Crippen LogP contribution in [0.5, 0.6) is 5.75 Å². The summed E-state index contributed by atoms with van der Waals surface area (Å²) >= 11 is 0. The maximum Gasteiger partial charge on any atom is 0.295 e. The molecule has 10 heteroatoms. The van der Waals surface area contributed by atoms with Gasteiger partial charge in [-0.1, -0.05) is 24.8 Å². The second-order valence-electron chi connectivity index (χ2n) is 8.32. The average molecular weight is 515 g/mol. The lowest BCUT2D eigenvalue weighted by molar-refractivity contribution is -0.140. The van der Waals surface area contributed by atoms with Gasteiger partial charge in [-0.25, -0.2) is 12.7 Å². The summed E-state index contributed by atoms with van der Waals surface area (Å²) in [5, 5.41) is 11.2. The molecular weight excluding hydrogens is 484 g/mol. The molecule has 1 unspecified atom stereocenters. The molecule has 1 amide bonds. The first-order chi connectivity index (χ1) is 17.1. The zero-order chi connectivity index (χ0) is 26.5. The molecule has 0 spiro atoms. The first-order valence-electron chi connectivity index (χ1n) is 11.3. The van der Waals surface area contributed by atoms with Gasteiger partial charge in [-0.15, -0.1) is 0 Å². The van der Waals surface area contributed by atoms with Gasteiger partial charge in [0.1, 0.15) is 18.1 Å². The highest BCUT2D eigenvalue weighted by molar-refractivity contribution is 7.89. The van der Waals surface area contributed by atoms with Crippen LogP contribution in [-0.2, 0) is 24.3 Å². The summed E-state index contributed by atoms with van der Waals surface area (Å²) in [5.74, 6) is -1.33. The highest BCUT2D eigenvalue weighted by atomic mass is 32.2. The fourth-order valence-electron chi connectivity index (χ4n) is 3.89. The summed E-state index contributed by atoms with van der Waals surface area (Å²) in [6.07, 6.45) is 2.12. The van der Waals surface area contributed by atoms with Crippen LogP contribution in [0.1, 0.15) is 23.6 Å². The molecule has 2 aromatic rings. The van der Waals surface area contributed by atoms with Gasteiger partial charge in [-0.3, -0.25) is 9.59 Å². The van der Waals surface area contributed by atoms with Crippen LogP contribution in [-0.4, -0.2) is 75.4 Å². The Kier molecular flexibility index (Phi) is 8.67. The van der Waals surface area contributed by atoms with E-state index >= 15 is 0 Å². The number of nitrogens with zero attached hydrogens (tertiary/aromatic N) is 2. The van der Waals surface area contributed by atoms with Crippen molar-refractivity contribution in [1.82, 2.24) is 9.21 Å². The van der Waals surface area contributed by atoms with Crippen molar-refractivity contribution in [2.24, 2.45) is 0 Å². The van der Waals surface area contributed by atoms with E-state index in [1.54, 1.807) is 37.5 Å². The minimum absolute atomic E-state index is 0.0377. The molecule has 9 nitrogen and oxygen atoms in total. The SMILES string of the molecule is C=CCOc1ccc(C2/C(=C(/O)c3ccc(S(=O)(=O)N(C)C)cc3)C(=O)C(=O)N2CCCOC)cc1. The molecule has 1 heterocycles. The van der Waals surface area contributed by atoms with Crippen LogP contribution in [0.4, 0.5) is 0 Å². The molecule has 1 N–H and O–H groups in total. The van der Waals surface area contributed by atoms with Crippen molar-refractivity contribution in [2.45, 2.75) is 17.4 Å². The lowest BCUT2D eigenvalue weighted by Gasteiger charge is -2.25. The van der Waals surface area contributed by atoms with Crippen molar-refractivity contribution in [3.05, 3.63) is 77.9 Å². The fraction of sp³-hybridized carbons (Fsp3) is 0.308. The molecule has 0 radical (unpaired) electrons. The number of sulfonamides is 1. The molecule has 1 fully saturated rings. The van der Waals surface area contributed by atoms with E-state index < -0.39 is 27.8 Å². The number of hydrogen-bond acceptors (Lipinski definition) is 7. The normalized spacial score (nSPS) is 17.6. The smallest absolute Gasteiger partial charge is 0.295 e. The van der Waals surface area contributed by atoms with Crippen molar-refractivity contribution in [3.63, 3.8) is 0 Å². The molecule has 3 rings (SSSR count). The molecule has 0 aromatic heterocycles. The molecule has 36 heavy (non-hydrogen) atoms. The number of rotatable bonds is 11. The lowest BCUT2D eigenvalue weighted by atomic mass is 9.95. The molecule has 2 aromatic carbocycles. The highest BCUT2D eigenvalue weighted by Crippen LogP contribution is 2.40. The Hall–Kier alpha value is -3.47. The number of ether oxygens (including phenoxy) is 2. The standard InChI is InChI=1S/C26H30N2O7S/c1-5-16-35-20-11-7-18(8-12-20)23-22(25(30)26(31)28(23)15-6-17-34-4)24(29)19-9-13-21(14-10-19)36(32,33)27(2)3/h5,7-14,23,29H,1,6,15-17H2,2-4H3/b24-22-. The number of ketones is 1. The monoisotopic (exact) mass is 514 g/mol. The second-order valence-corrected chi connectivity index (χ2v) is 10.5. The number of carbonyl (C=O) groups excluding carboxylic acids is 2. The molecule has 192 valence electrons. The van der Waals surface area contributed by atoms with Gasteiger partial charge in [0, 0.05) is 39.9 Å². The Morgan fingerprint density at radius 3 is 2.31 bits per heavy atom. The van der Waals surface area contributed by atoms with Gasteiger partial charge < -0.3 is 19.5 Å². The number of likely N-dealkylation sites (tertiary alicyclic amines) is 1. The quantitative estimate of drug-likeness (QED) is 0.161. The van der Waals surface area contributed by atoms with Gasteiger partial charge in [0.2, 0.25) is 10.0 Å². The molecule has 1 atom stereocenters. The van der Waals surface area contributed by atoms with Gasteiger partial charge in [-0.05, 0) is 48.4 Å². The zero-order valence-corrected chi connectivity index (χ0v) is 21.3. The molecule has 1 aliphatic heterocycles. The third-order valence-corrected chi connectivity index (χ3v) is 7.59. The number of benzene rings is 2. The van der Waals surface area contributed by atoms with E-state index in [1.165, 1.54) is 43.3 Å². The van der Waals surface area contributed by atoms with E-state index in [0.717, 1.165) is 4.31 Å². The van der Waals surface area contributed by atoms with Gasteiger partial charge in [0.05, 0.1) is 16.5 Å². The van der Waals surface area contributed by atoms with Crippen LogP contribution in [0.2, 0.25) is 0 Å². The maximum absolute atomic E-state index is 13.1. The number of carbonyl (C=O) groups is 2. The van der Waals surface area contributed by atoms with Crippen molar-refractivity contribution in [3.8, 4) is 5.75 Å². The predicted octanol–water partition coefficient (Wildman–Crippen LogP) is 2.96. The van der Waals surface area contributed by atoms with Crippen molar-refractivity contribution >= 4 is 27.5 Å². The van der Waals surface area contributed by atoms with Crippen molar-refractivity contribution in [1.29, 1.82) is 0 Å². The summed E-state index contributed by atoms with van der Waals surface area (Å²) in [6.45, 7) is 4.58. The van der Waals surface area contributed by atoms with Gasteiger partial charge >= 0.3 is 0 Å². The summed E-state index contributed by atoms with van der Waals surface area (Å²) in [5.41, 5.74) is 0.768. The summed E-state index contributed by atoms with van der Waals surface area (Å²) in [6, 6.07) is 11.6. The van der Waals surface area contributed by atoms with Gasteiger partial charge in [0.25, 0.3) is 11.7 Å². The molecule has 1 saturated heterocycles. The Balaban J connectivity index is 2.07. The van der Waals surface area contributed by atoms with E-state index in [0.29, 0.717) is 30.9 Å². The fourth-order valence-corrected chi connectivity index (χ4v) is 4.79. The number of aliphatic hydroxyl groups excluding tert-OH is 1. The van der Waals surface area contributed by atoms with Crippen LogP contribution < -0.4 is 4.74 Å². The minimum Gasteiger partial charge on any atom is -0.507 e. The third kappa shape index (κ3) is 5.51. The average Bonchev–Trinajstić information content (AvgIpc) is 3.12.